The fourth-order valence-electron chi connectivity index (χ4n) is 3.06. The molecule has 0 amide bonds. The summed E-state index contributed by atoms with van der Waals surface area (Å²) in [6.07, 6.45) is -7.02. The van der Waals surface area contributed by atoms with Gasteiger partial charge in [0.1, 0.15) is 36.8 Å². The van der Waals surface area contributed by atoms with E-state index in [1.165, 1.54) is 0 Å². The number of rotatable bonds is 9. The number of ether oxygens (including phenoxy) is 3. The van der Waals surface area contributed by atoms with Crippen molar-refractivity contribution in [1.82, 2.24) is 0 Å². The zero-order valence-corrected chi connectivity index (χ0v) is 16.3. The van der Waals surface area contributed by atoms with Crippen LogP contribution in [-0.4, -0.2) is 70.1 Å². The number of aliphatic hydroxyl groups is 4. The monoisotopic (exact) mass is 418 g/mol. The van der Waals surface area contributed by atoms with Gasteiger partial charge in [0.05, 0.1) is 13.2 Å². The van der Waals surface area contributed by atoms with Gasteiger partial charge in [-0.05, 0) is 29.8 Å². The van der Waals surface area contributed by atoms with E-state index in [1.807, 2.05) is 30.3 Å². The zero-order chi connectivity index (χ0) is 21.5. The molecule has 8 heteroatoms. The molecule has 1 fully saturated rings. The number of carbonyl (C=O) groups excluding carboxylic acids is 1. The lowest BCUT2D eigenvalue weighted by molar-refractivity contribution is -0.288. The molecule has 1 aliphatic heterocycles. The average Bonchev–Trinajstić information content (AvgIpc) is 2.78. The van der Waals surface area contributed by atoms with Crippen molar-refractivity contribution >= 4 is 5.78 Å². The Hall–Kier alpha value is -2.33. The standard InChI is InChI=1S/C22H26O8/c23-17(10-11-28-13-18-19(24)20(25)21(26)22(27)30-18)15-6-8-16(9-7-15)29-12-14-4-2-1-3-5-14/h1-9,18-22,24-27H,10-13H2/t18-,19-,20+,21-,22?/m1/s1. The molecule has 8 nitrogen and oxygen atoms in total. The minimum atomic E-state index is -1.61. The largest absolute Gasteiger partial charge is 0.489 e. The number of hydrogen-bond donors (Lipinski definition) is 4. The van der Waals surface area contributed by atoms with E-state index in [2.05, 4.69) is 0 Å². The van der Waals surface area contributed by atoms with Crippen LogP contribution in [-0.2, 0) is 16.1 Å². The van der Waals surface area contributed by atoms with E-state index in [0.717, 1.165) is 5.56 Å². The summed E-state index contributed by atoms with van der Waals surface area (Å²) in [4.78, 5) is 12.3. The molecule has 0 aromatic heterocycles. The van der Waals surface area contributed by atoms with Crippen molar-refractivity contribution in [1.29, 1.82) is 0 Å². The fraction of sp³-hybridized carbons (Fsp3) is 0.409. The third-order valence-electron chi connectivity index (χ3n) is 4.87. The van der Waals surface area contributed by atoms with Gasteiger partial charge in [-0.15, -0.1) is 0 Å². The van der Waals surface area contributed by atoms with Gasteiger partial charge in [0.2, 0.25) is 0 Å². The highest BCUT2D eigenvalue weighted by molar-refractivity contribution is 5.96. The molecule has 0 bridgehead atoms. The van der Waals surface area contributed by atoms with Crippen LogP contribution >= 0.6 is 0 Å². The van der Waals surface area contributed by atoms with Crippen LogP contribution in [0.3, 0.4) is 0 Å². The van der Waals surface area contributed by atoms with Crippen molar-refractivity contribution in [2.75, 3.05) is 13.2 Å². The van der Waals surface area contributed by atoms with Gasteiger partial charge in [-0.1, -0.05) is 30.3 Å². The first-order valence-corrected chi connectivity index (χ1v) is 9.71. The Morgan fingerprint density at radius 3 is 2.30 bits per heavy atom. The Morgan fingerprint density at radius 1 is 0.900 bits per heavy atom. The molecular weight excluding hydrogens is 392 g/mol. The van der Waals surface area contributed by atoms with Gasteiger partial charge in [-0.2, -0.15) is 0 Å². The number of Topliss-reactive ketones (excluding diaryl/α,β-unsaturated/α-hetero) is 1. The summed E-state index contributed by atoms with van der Waals surface area (Å²) in [5.74, 6) is 0.541. The first-order valence-electron chi connectivity index (χ1n) is 9.71. The number of hydrogen-bond acceptors (Lipinski definition) is 8. The molecule has 2 aromatic carbocycles. The molecule has 4 N–H and O–H groups in total. The maximum absolute atomic E-state index is 12.3. The molecule has 1 unspecified atom stereocenters. The summed E-state index contributed by atoms with van der Waals surface area (Å²) in [7, 11) is 0. The Bertz CT molecular complexity index is 795. The van der Waals surface area contributed by atoms with Crippen LogP contribution in [0.2, 0.25) is 0 Å². The Balaban J connectivity index is 1.39. The lowest BCUT2D eigenvalue weighted by Crippen LogP contribution is -2.58. The van der Waals surface area contributed by atoms with Crippen molar-refractivity contribution in [3.63, 3.8) is 0 Å². The lowest BCUT2D eigenvalue weighted by atomic mass is 9.99. The van der Waals surface area contributed by atoms with Gasteiger partial charge in [-0.3, -0.25) is 4.79 Å². The SMILES string of the molecule is O=C(CCOC[C@H]1OC(O)[C@H](O)[C@@H](O)[C@@H]1O)c1ccc(OCc2ccccc2)cc1. The Kier molecular flexibility index (Phi) is 7.92. The smallest absolute Gasteiger partial charge is 0.184 e. The van der Waals surface area contributed by atoms with Crippen LogP contribution in [0.4, 0.5) is 0 Å². The highest BCUT2D eigenvalue weighted by Crippen LogP contribution is 2.20. The van der Waals surface area contributed by atoms with Gasteiger partial charge in [0, 0.05) is 12.0 Å². The number of benzene rings is 2. The summed E-state index contributed by atoms with van der Waals surface area (Å²) < 4.78 is 16.1. The lowest BCUT2D eigenvalue weighted by Gasteiger charge is -2.38. The first-order chi connectivity index (χ1) is 14.5. The molecule has 30 heavy (non-hydrogen) atoms. The molecule has 1 heterocycles. The number of aliphatic hydroxyl groups excluding tert-OH is 4. The molecule has 3 rings (SSSR count). The molecule has 2 aromatic rings. The predicted octanol–water partition coefficient (Wildman–Crippen LogP) is 0.655. The molecule has 0 saturated carbocycles. The van der Waals surface area contributed by atoms with Crippen molar-refractivity contribution in [3.8, 4) is 5.75 Å². The third kappa shape index (κ3) is 5.85. The molecule has 162 valence electrons. The second kappa shape index (κ2) is 10.6. The fourth-order valence-corrected chi connectivity index (χ4v) is 3.06. The highest BCUT2D eigenvalue weighted by Gasteiger charge is 2.42. The van der Waals surface area contributed by atoms with Crippen molar-refractivity contribution in [2.45, 2.75) is 43.7 Å². The maximum atomic E-state index is 12.3. The maximum Gasteiger partial charge on any atom is 0.184 e. The van der Waals surface area contributed by atoms with Gasteiger partial charge >= 0.3 is 0 Å². The van der Waals surface area contributed by atoms with E-state index in [-0.39, 0.29) is 25.4 Å². The Morgan fingerprint density at radius 2 is 1.60 bits per heavy atom. The molecule has 1 aliphatic rings. The third-order valence-corrected chi connectivity index (χ3v) is 4.87. The number of carbonyl (C=O) groups is 1. The van der Waals surface area contributed by atoms with Crippen LogP contribution in [0.15, 0.2) is 54.6 Å². The second-order valence-electron chi connectivity index (χ2n) is 7.08. The van der Waals surface area contributed by atoms with E-state index in [4.69, 9.17) is 14.2 Å². The van der Waals surface area contributed by atoms with E-state index in [9.17, 15) is 25.2 Å². The molecule has 0 spiro atoms. The average molecular weight is 418 g/mol. The van der Waals surface area contributed by atoms with Gasteiger partial charge in [-0.25, -0.2) is 0 Å². The Labute approximate surface area is 174 Å². The highest BCUT2D eigenvalue weighted by atomic mass is 16.6. The first kappa shape index (κ1) is 22.4. The van der Waals surface area contributed by atoms with Crippen LogP contribution < -0.4 is 4.74 Å². The van der Waals surface area contributed by atoms with Gasteiger partial charge in [0.15, 0.2) is 12.1 Å². The van der Waals surface area contributed by atoms with Crippen LogP contribution in [0, 0.1) is 0 Å². The zero-order valence-electron chi connectivity index (χ0n) is 16.3. The minimum absolute atomic E-state index is 0.0758. The molecule has 5 atom stereocenters. The summed E-state index contributed by atoms with van der Waals surface area (Å²) in [6, 6.07) is 16.6. The van der Waals surface area contributed by atoms with E-state index >= 15 is 0 Å². The van der Waals surface area contributed by atoms with Crippen molar-refractivity contribution in [2.24, 2.45) is 0 Å². The van der Waals surface area contributed by atoms with Crippen LogP contribution in [0.5, 0.6) is 5.75 Å². The molecule has 0 aliphatic carbocycles. The van der Waals surface area contributed by atoms with E-state index < -0.39 is 30.7 Å². The second-order valence-corrected chi connectivity index (χ2v) is 7.08. The topological polar surface area (TPSA) is 126 Å². The summed E-state index contributed by atoms with van der Waals surface area (Å²) in [5, 5.41) is 38.4. The van der Waals surface area contributed by atoms with Crippen molar-refractivity contribution < 1.29 is 39.4 Å². The normalized spacial score (nSPS) is 26.3. The van der Waals surface area contributed by atoms with E-state index in [1.54, 1.807) is 24.3 Å². The minimum Gasteiger partial charge on any atom is -0.489 e. The number of ketones is 1. The van der Waals surface area contributed by atoms with Crippen molar-refractivity contribution in [3.05, 3.63) is 65.7 Å². The molecule has 1 saturated heterocycles. The summed E-state index contributed by atoms with van der Waals surface area (Å²) >= 11 is 0. The van der Waals surface area contributed by atoms with Crippen LogP contribution in [0.25, 0.3) is 0 Å². The summed E-state index contributed by atoms with van der Waals surface area (Å²) in [6.45, 7) is 0.380. The molecular formula is C22H26O8. The summed E-state index contributed by atoms with van der Waals surface area (Å²) in [5.41, 5.74) is 1.57. The quantitative estimate of drug-likeness (QED) is 0.346. The van der Waals surface area contributed by atoms with Gasteiger partial charge < -0.3 is 34.6 Å². The van der Waals surface area contributed by atoms with Gasteiger partial charge in [0.25, 0.3) is 0 Å². The van der Waals surface area contributed by atoms with E-state index in [0.29, 0.717) is 17.9 Å². The predicted molar refractivity (Wildman–Crippen MR) is 106 cm³/mol. The van der Waals surface area contributed by atoms with Crippen LogP contribution in [0.1, 0.15) is 22.3 Å². The molecule has 0 radical (unpaired) electrons.